The van der Waals surface area contributed by atoms with E-state index in [1.165, 1.54) is 0 Å². The third kappa shape index (κ3) is 1.91. The van der Waals surface area contributed by atoms with Gasteiger partial charge in [-0.05, 0) is 23.9 Å². The molecule has 3 rings (SSSR count). The normalized spacial score (nSPS) is 19.1. The Kier molecular flexibility index (Phi) is 2.89. The lowest BCUT2D eigenvalue weighted by Crippen LogP contribution is -2.40. The maximum Gasteiger partial charge on any atom is 0.235 e. The summed E-state index contributed by atoms with van der Waals surface area (Å²) in [7, 11) is 1.87. The maximum absolute atomic E-state index is 12.0. The number of piperidine rings is 1. The van der Waals surface area contributed by atoms with Crippen LogP contribution >= 0.6 is 0 Å². The zero-order valence-corrected chi connectivity index (χ0v) is 11.1. The lowest BCUT2D eigenvalue weighted by Gasteiger charge is -2.21. The van der Waals surface area contributed by atoms with Crippen LogP contribution in [-0.2, 0) is 16.6 Å². The number of nitrogens with one attached hydrogen (secondary N) is 1. The van der Waals surface area contributed by atoms with Gasteiger partial charge in [-0.25, -0.2) is 0 Å². The van der Waals surface area contributed by atoms with Gasteiger partial charge in [-0.1, -0.05) is 12.1 Å². The highest BCUT2D eigenvalue weighted by atomic mass is 16.2. The van der Waals surface area contributed by atoms with E-state index < -0.39 is 0 Å². The lowest BCUT2D eigenvalue weighted by atomic mass is 9.94. The molecule has 0 aliphatic carbocycles. The fourth-order valence-electron chi connectivity index (χ4n) is 2.75. The molecule has 20 heavy (non-hydrogen) atoms. The van der Waals surface area contributed by atoms with Crippen LogP contribution in [0, 0.1) is 0 Å². The van der Waals surface area contributed by atoms with E-state index in [-0.39, 0.29) is 17.7 Å². The number of rotatable bonds is 2. The molecule has 1 aliphatic heterocycles. The zero-order valence-electron chi connectivity index (χ0n) is 11.1. The second kappa shape index (κ2) is 4.59. The van der Waals surface area contributed by atoms with Gasteiger partial charge >= 0.3 is 0 Å². The predicted octanol–water partition coefficient (Wildman–Crippen LogP) is 1.51. The topological polar surface area (TPSA) is 68.2 Å². The lowest BCUT2D eigenvalue weighted by molar-refractivity contribution is -0.134. The summed E-state index contributed by atoms with van der Waals surface area (Å²) in [5.74, 6) is -0.777. The number of aromatic nitrogens is 1. The first-order valence-corrected chi connectivity index (χ1v) is 6.48. The molecule has 2 heterocycles. The molecule has 1 unspecified atom stereocenters. The molecule has 2 amide bonds. The minimum Gasteiger partial charge on any atom is -0.347 e. The number of amides is 2. The van der Waals surface area contributed by atoms with Gasteiger partial charge in [0.15, 0.2) is 0 Å². The molecule has 1 fully saturated rings. The average molecular weight is 270 g/mol. The summed E-state index contributed by atoms with van der Waals surface area (Å²) in [5, 5.41) is 3.36. The van der Waals surface area contributed by atoms with E-state index >= 15 is 0 Å². The first kappa shape index (κ1) is 12.6. The van der Waals surface area contributed by atoms with E-state index in [2.05, 4.69) is 5.32 Å². The molecule has 2 aromatic rings. The smallest absolute Gasteiger partial charge is 0.235 e. The number of carbonyl (C=O) groups excluding carboxylic acids is 3. The predicted molar refractivity (Wildman–Crippen MR) is 73.4 cm³/mol. The van der Waals surface area contributed by atoms with E-state index in [0.29, 0.717) is 18.4 Å². The highest BCUT2D eigenvalue weighted by Gasteiger charge is 2.30. The summed E-state index contributed by atoms with van der Waals surface area (Å²) in [6.45, 7) is 0. The molecule has 0 radical (unpaired) electrons. The number of nitrogens with zero attached hydrogens (tertiary/aromatic N) is 1. The Balaban J connectivity index is 2.08. The number of hydrogen-bond acceptors (Lipinski definition) is 3. The van der Waals surface area contributed by atoms with Gasteiger partial charge in [-0.3, -0.25) is 19.7 Å². The molecular formula is C15H14N2O3. The highest BCUT2D eigenvalue weighted by Crippen LogP contribution is 2.29. The summed E-state index contributed by atoms with van der Waals surface area (Å²) < 4.78 is 1.92. The minimum absolute atomic E-state index is 0.215. The van der Waals surface area contributed by atoms with Crippen LogP contribution in [0.15, 0.2) is 24.3 Å². The summed E-state index contributed by atoms with van der Waals surface area (Å²) in [5.41, 5.74) is 2.39. The first-order chi connectivity index (χ1) is 9.60. The Morgan fingerprint density at radius 2 is 2.10 bits per heavy atom. The van der Waals surface area contributed by atoms with Crippen LogP contribution in [0.5, 0.6) is 0 Å². The monoisotopic (exact) mass is 270 g/mol. The van der Waals surface area contributed by atoms with Crippen molar-refractivity contribution in [2.75, 3.05) is 0 Å². The van der Waals surface area contributed by atoms with Crippen LogP contribution < -0.4 is 5.32 Å². The van der Waals surface area contributed by atoms with Crippen molar-refractivity contribution in [1.82, 2.24) is 9.88 Å². The molecule has 5 heteroatoms. The minimum atomic E-state index is -0.315. The summed E-state index contributed by atoms with van der Waals surface area (Å²) >= 11 is 0. The quantitative estimate of drug-likeness (QED) is 0.664. The van der Waals surface area contributed by atoms with Crippen molar-refractivity contribution in [2.45, 2.75) is 18.8 Å². The molecule has 1 aromatic heterocycles. The van der Waals surface area contributed by atoms with Crippen molar-refractivity contribution in [3.05, 3.63) is 35.5 Å². The van der Waals surface area contributed by atoms with Crippen molar-refractivity contribution in [1.29, 1.82) is 0 Å². The van der Waals surface area contributed by atoms with E-state index in [1.54, 1.807) is 12.1 Å². The highest BCUT2D eigenvalue weighted by molar-refractivity contribution is 6.01. The molecule has 1 aliphatic rings. The molecule has 1 aromatic carbocycles. The third-order valence-corrected chi connectivity index (χ3v) is 3.84. The molecule has 0 bridgehead atoms. The Labute approximate surface area is 115 Å². The maximum atomic E-state index is 12.0. The second-order valence-electron chi connectivity index (χ2n) is 5.07. The molecule has 102 valence electrons. The van der Waals surface area contributed by atoms with Crippen molar-refractivity contribution in [2.24, 2.45) is 7.05 Å². The third-order valence-electron chi connectivity index (χ3n) is 3.84. The molecular weight excluding hydrogens is 256 g/mol. The first-order valence-electron chi connectivity index (χ1n) is 6.48. The van der Waals surface area contributed by atoms with Crippen molar-refractivity contribution < 1.29 is 14.4 Å². The van der Waals surface area contributed by atoms with Gasteiger partial charge < -0.3 is 4.57 Å². The molecule has 1 saturated heterocycles. The summed E-state index contributed by atoms with van der Waals surface area (Å²) in [6, 6.07) is 7.37. The number of imide groups is 1. The molecule has 0 spiro atoms. The van der Waals surface area contributed by atoms with Gasteiger partial charge in [0.05, 0.1) is 5.92 Å². The van der Waals surface area contributed by atoms with Crippen LogP contribution in [0.25, 0.3) is 10.9 Å². The van der Waals surface area contributed by atoms with Crippen LogP contribution in [0.4, 0.5) is 0 Å². The van der Waals surface area contributed by atoms with Gasteiger partial charge in [0.25, 0.3) is 0 Å². The molecule has 0 saturated carbocycles. The van der Waals surface area contributed by atoms with E-state index in [4.69, 9.17) is 0 Å². The number of aryl methyl sites for hydroxylation is 1. The van der Waals surface area contributed by atoms with Gasteiger partial charge in [-0.15, -0.1) is 0 Å². The number of benzene rings is 1. The van der Waals surface area contributed by atoms with Gasteiger partial charge in [-0.2, -0.15) is 0 Å². The van der Waals surface area contributed by atoms with Crippen LogP contribution in [0.1, 0.15) is 34.8 Å². The van der Waals surface area contributed by atoms with Crippen molar-refractivity contribution >= 4 is 29.0 Å². The molecule has 5 nitrogen and oxygen atoms in total. The van der Waals surface area contributed by atoms with Crippen LogP contribution in [-0.4, -0.2) is 22.7 Å². The number of fused-ring (bicyclic) bond motifs is 1. The number of carbonyl (C=O) groups is 3. The largest absolute Gasteiger partial charge is 0.347 e. The Morgan fingerprint density at radius 3 is 2.80 bits per heavy atom. The van der Waals surface area contributed by atoms with E-state index in [1.807, 2.05) is 23.7 Å². The molecule has 1 N–H and O–H groups in total. The average Bonchev–Trinajstić information content (AvgIpc) is 2.76. The van der Waals surface area contributed by atoms with Crippen molar-refractivity contribution in [3.8, 4) is 0 Å². The van der Waals surface area contributed by atoms with E-state index in [9.17, 15) is 14.4 Å². The van der Waals surface area contributed by atoms with Crippen molar-refractivity contribution in [3.63, 3.8) is 0 Å². The van der Waals surface area contributed by atoms with Crippen LogP contribution in [0.2, 0.25) is 0 Å². The Hall–Kier alpha value is -2.43. The fraction of sp³-hybridized carbons (Fsp3) is 0.267. The zero-order chi connectivity index (χ0) is 14.3. The number of hydrogen-bond donors (Lipinski definition) is 1. The SMILES string of the molecule is Cn1c(C2CCC(=O)NC2=O)cc2ccc(C=O)cc21. The van der Waals surface area contributed by atoms with Crippen LogP contribution in [0.3, 0.4) is 0 Å². The second-order valence-corrected chi connectivity index (χ2v) is 5.07. The summed E-state index contributed by atoms with van der Waals surface area (Å²) in [6.07, 6.45) is 1.69. The fourth-order valence-corrected chi connectivity index (χ4v) is 2.75. The standard InChI is InChI=1S/C15H14N2O3/c1-17-12-6-9(8-18)2-3-10(12)7-13(17)11-4-5-14(19)16-15(11)20/h2-3,6-8,11H,4-5H2,1H3,(H,16,19,20). The number of aldehydes is 1. The Bertz CT molecular complexity index is 730. The van der Waals surface area contributed by atoms with Gasteiger partial charge in [0, 0.05) is 30.2 Å². The van der Waals surface area contributed by atoms with E-state index in [0.717, 1.165) is 22.9 Å². The molecule has 1 atom stereocenters. The summed E-state index contributed by atoms with van der Waals surface area (Å²) in [4.78, 5) is 34.0. The Morgan fingerprint density at radius 1 is 1.30 bits per heavy atom. The van der Waals surface area contributed by atoms with Gasteiger partial charge in [0.1, 0.15) is 6.29 Å². The van der Waals surface area contributed by atoms with Gasteiger partial charge in [0.2, 0.25) is 11.8 Å².